The van der Waals surface area contributed by atoms with Crippen molar-refractivity contribution in [2.24, 2.45) is 10.7 Å². The average Bonchev–Trinajstić information content (AvgIpc) is 2.26. The first-order chi connectivity index (χ1) is 7.13. The molecular weight excluding hydrogens is 319 g/mol. The van der Waals surface area contributed by atoms with E-state index in [1.165, 1.54) is 0 Å². The van der Waals surface area contributed by atoms with Gasteiger partial charge in [-0.1, -0.05) is 0 Å². The molecule has 16 heavy (non-hydrogen) atoms. The van der Waals surface area contributed by atoms with Crippen molar-refractivity contribution in [1.82, 2.24) is 9.88 Å². The summed E-state index contributed by atoms with van der Waals surface area (Å²) < 4.78 is 5.00. The van der Waals surface area contributed by atoms with E-state index in [0.717, 1.165) is 11.4 Å². The number of aromatic nitrogens is 1. The molecule has 0 bridgehead atoms. The predicted octanol–water partition coefficient (Wildman–Crippen LogP) is 1.08. The number of rotatable bonds is 3. The molecule has 2 N–H and O–H groups in total. The average molecular weight is 336 g/mol. The molecular formula is C10H17IN4O. The molecule has 90 valence electrons. The highest BCUT2D eigenvalue weighted by Crippen LogP contribution is 2.08. The van der Waals surface area contributed by atoms with Crippen molar-refractivity contribution in [3.8, 4) is 5.75 Å². The van der Waals surface area contributed by atoms with Crippen molar-refractivity contribution in [2.45, 2.75) is 6.54 Å². The van der Waals surface area contributed by atoms with Crippen molar-refractivity contribution < 1.29 is 4.74 Å². The highest BCUT2D eigenvalue weighted by molar-refractivity contribution is 14.0. The van der Waals surface area contributed by atoms with Gasteiger partial charge in [-0.05, 0) is 12.1 Å². The van der Waals surface area contributed by atoms with Crippen LogP contribution in [0.1, 0.15) is 5.69 Å². The van der Waals surface area contributed by atoms with Crippen LogP contribution in [-0.4, -0.2) is 37.0 Å². The molecule has 0 unspecified atom stereocenters. The molecule has 0 atom stereocenters. The number of hydrogen-bond acceptors (Lipinski definition) is 3. The summed E-state index contributed by atoms with van der Waals surface area (Å²) in [5.41, 5.74) is 6.51. The summed E-state index contributed by atoms with van der Waals surface area (Å²) in [5.74, 6) is 1.23. The maximum Gasteiger partial charge on any atom is 0.191 e. The van der Waals surface area contributed by atoms with Gasteiger partial charge in [0.05, 0.1) is 25.5 Å². The zero-order valence-electron chi connectivity index (χ0n) is 9.67. The van der Waals surface area contributed by atoms with E-state index >= 15 is 0 Å². The summed E-state index contributed by atoms with van der Waals surface area (Å²) in [6, 6.07) is 3.72. The summed E-state index contributed by atoms with van der Waals surface area (Å²) >= 11 is 0. The number of ether oxygens (including phenoxy) is 1. The summed E-state index contributed by atoms with van der Waals surface area (Å²) in [4.78, 5) is 10.1. The lowest BCUT2D eigenvalue weighted by Crippen LogP contribution is -2.30. The zero-order valence-corrected chi connectivity index (χ0v) is 12.0. The zero-order chi connectivity index (χ0) is 11.3. The minimum atomic E-state index is 0. The minimum Gasteiger partial charge on any atom is -0.495 e. The van der Waals surface area contributed by atoms with Crippen LogP contribution in [0, 0.1) is 0 Å². The Labute approximate surface area is 113 Å². The fraction of sp³-hybridized carbons (Fsp3) is 0.400. The molecule has 0 saturated carbocycles. The van der Waals surface area contributed by atoms with Gasteiger partial charge in [0.15, 0.2) is 5.96 Å². The van der Waals surface area contributed by atoms with Gasteiger partial charge >= 0.3 is 0 Å². The Kier molecular flexibility index (Phi) is 6.78. The highest BCUT2D eigenvalue weighted by atomic mass is 127. The molecule has 1 aromatic rings. The fourth-order valence-electron chi connectivity index (χ4n) is 0.929. The molecule has 1 rings (SSSR count). The Bertz CT molecular complexity index is 337. The number of guanidine groups is 1. The van der Waals surface area contributed by atoms with E-state index in [4.69, 9.17) is 10.5 Å². The summed E-state index contributed by atoms with van der Waals surface area (Å²) in [6.07, 6.45) is 1.66. The molecule has 0 saturated heterocycles. The second-order valence-corrected chi connectivity index (χ2v) is 3.26. The summed E-state index contributed by atoms with van der Waals surface area (Å²) in [6.45, 7) is 0.480. The Morgan fingerprint density at radius 1 is 1.50 bits per heavy atom. The maximum absolute atomic E-state index is 5.64. The first-order valence-corrected chi connectivity index (χ1v) is 4.59. The van der Waals surface area contributed by atoms with Gasteiger partial charge in [0.1, 0.15) is 5.75 Å². The van der Waals surface area contributed by atoms with Gasteiger partial charge in [0, 0.05) is 14.1 Å². The number of pyridine rings is 1. The normalized spacial score (nSPS) is 10.6. The van der Waals surface area contributed by atoms with E-state index in [0.29, 0.717) is 12.5 Å². The second-order valence-electron chi connectivity index (χ2n) is 3.26. The maximum atomic E-state index is 5.64. The number of hydrogen-bond donors (Lipinski definition) is 1. The van der Waals surface area contributed by atoms with Crippen molar-refractivity contribution >= 4 is 29.9 Å². The molecule has 1 heterocycles. The minimum absolute atomic E-state index is 0. The molecule has 0 fully saturated rings. The first kappa shape index (κ1) is 14.9. The quantitative estimate of drug-likeness (QED) is 0.510. The number of halogens is 1. The molecule has 5 nitrogen and oxygen atoms in total. The largest absolute Gasteiger partial charge is 0.495 e. The van der Waals surface area contributed by atoms with E-state index in [1.807, 2.05) is 26.2 Å². The molecule has 0 aliphatic rings. The highest BCUT2D eigenvalue weighted by Gasteiger charge is 1.97. The predicted molar refractivity (Wildman–Crippen MR) is 75.2 cm³/mol. The molecule has 0 aromatic carbocycles. The SMILES string of the molecule is COc1ccc(CN=C(N)N(C)C)nc1.I. The van der Waals surface area contributed by atoms with E-state index < -0.39 is 0 Å². The Balaban J connectivity index is 0.00000225. The van der Waals surface area contributed by atoms with E-state index in [1.54, 1.807) is 18.2 Å². The van der Waals surface area contributed by atoms with Gasteiger partial charge in [-0.15, -0.1) is 24.0 Å². The van der Waals surface area contributed by atoms with Crippen LogP contribution in [0.25, 0.3) is 0 Å². The van der Waals surface area contributed by atoms with Gasteiger partial charge in [-0.25, -0.2) is 4.99 Å². The third-order valence-corrected chi connectivity index (χ3v) is 1.89. The number of nitrogens with two attached hydrogens (primary N) is 1. The smallest absolute Gasteiger partial charge is 0.191 e. The van der Waals surface area contributed by atoms with Gasteiger partial charge in [-0.3, -0.25) is 4.98 Å². The monoisotopic (exact) mass is 336 g/mol. The first-order valence-electron chi connectivity index (χ1n) is 4.59. The van der Waals surface area contributed by atoms with Crippen molar-refractivity contribution in [3.63, 3.8) is 0 Å². The lowest BCUT2D eigenvalue weighted by Gasteiger charge is -2.10. The third-order valence-electron chi connectivity index (χ3n) is 1.89. The van der Waals surface area contributed by atoms with Crippen LogP contribution in [0.2, 0.25) is 0 Å². The second kappa shape index (κ2) is 7.26. The lowest BCUT2D eigenvalue weighted by atomic mass is 10.3. The number of aliphatic imine (C=N–C) groups is 1. The van der Waals surface area contributed by atoms with Gasteiger partial charge in [-0.2, -0.15) is 0 Å². The van der Waals surface area contributed by atoms with Crippen molar-refractivity contribution in [3.05, 3.63) is 24.0 Å². The Morgan fingerprint density at radius 2 is 2.19 bits per heavy atom. The Hall–Kier alpha value is -1.05. The molecule has 0 aliphatic carbocycles. The summed E-state index contributed by atoms with van der Waals surface area (Å²) in [7, 11) is 5.30. The molecule has 1 aromatic heterocycles. The van der Waals surface area contributed by atoms with Crippen LogP contribution < -0.4 is 10.5 Å². The third kappa shape index (κ3) is 4.65. The van der Waals surface area contributed by atoms with E-state index in [-0.39, 0.29) is 24.0 Å². The standard InChI is InChI=1S/C10H16N4O.HI/c1-14(2)10(11)13-6-8-4-5-9(15-3)7-12-8;/h4-5,7H,6H2,1-3H3,(H2,11,13);1H. The molecule has 0 radical (unpaired) electrons. The van der Waals surface area contributed by atoms with Crippen LogP contribution in [0.4, 0.5) is 0 Å². The topological polar surface area (TPSA) is 63.7 Å². The van der Waals surface area contributed by atoms with Crippen molar-refractivity contribution in [2.75, 3.05) is 21.2 Å². The van der Waals surface area contributed by atoms with Gasteiger partial charge < -0.3 is 15.4 Å². The van der Waals surface area contributed by atoms with Crippen LogP contribution in [0.15, 0.2) is 23.3 Å². The number of nitrogens with zero attached hydrogens (tertiary/aromatic N) is 3. The van der Waals surface area contributed by atoms with Gasteiger partial charge in [0.2, 0.25) is 0 Å². The molecule has 0 amide bonds. The van der Waals surface area contributed by atoms with Crippen LogP contribution in [0.5, 0.6) is 5.75 Å². The Morgan fingerprint density at radius 3 is 2.62 bits per heavy atom. The van der Waals surface area contributed by atoms with Gasteiger partial charge in [0.25, 0.3) is 0 Å². The molecule has 0 aliphatic heterocycles. The van der Waals surface area contributed by atoms with Crippen LogP contribution >= 0.6 is 24.0 Å². The fourth-order valence-corrected chi connectivity index (χ4v) is 0.929. The number of methoxy groups -OCH3 is 1. The van der Waals surface area contributed by atoms with E-state index in [9.17, 15) is 0 Å². The lowest BCUT2D eigenvalue weighted by molar-refractivity contribution is 0.412. The molecule has 0 spiro atoms. The molecule has 6 heteroatoms. The van der Waals surface area contributed by atoms with Crippen LogP contribution in [-0.2, 0) is 6.54 Å². The van der Waals surface area contributed by atoms with Crippen LogP contribution in [0.3, 0.4) is 0 Å². The van der Waals surface area contributed by atoms with E-state index in [2.05, 4.69) is 9.98 Å². The summed E-state index contributed by atoms with van der Waals surface area (Å²) in [5, 5.41) is 0. The van der Waals surface area contributed by atoms with Crippen molar-refractivity contribution in [1.29, 1.82) is 0 Å².